The summed E-state index contributed by atoms with van der Waals surface area (Å²) >= 11 is 0. The van der Waals surface area contributed by atoms with Crippen molar-refractivity contribution < 1.29 is 9.59 Å². The maximum Gasteiger partial charge on any atom is 0.150 e. The summed E-state index contributed by atoms with van der Waals surface area (Å²) in [5.74, 6) is 0.580. The Morgan fingerprint density at radius 3 is 1.44 bits per heavy atom. The summed E-state index contributed by atoms with van der Waals surface area (Å²) in [6.07, 6.45) is 1.65. The number of hydrogen-bond acceptors (Lipinski definition) is 2. The molecule has 0 bridgehead atoms. The Balaban J connectivity index is 3.46. The monoisotopic (exact) mass is 218 g/mol. The quantitative estimate of drug-likeness (QED) is 0.724. The lowest BCUT2D eigenvalue weighted by Crippen LogP contribution is -2.03. The molecule has 1 aromatic rings. The third kappa shape index (κ3) is 2.38. The van der Waals surface area contributed by atoms with E-state index in [0.29, 0.717) is 23.0 Å². The largest absolute Gasteiger partial charge is 0.298 e. The van der Waals surface area contributed by atoms with Crippen LogP contribution >= 0.6 is 0 Å². The van der Waals surface area contributed by atoms with Crippen LogP contribution < -0.4 is 0 Å². The van der Waals surface area contributed by atoms with Crippen molar-refractivity contribution in [2.75, 3.05) is 0 Å². The van der Waals surface area contributed by atoms with E-state index in [4.69, 9.17) is 0 Å². The van der Waals surface area contributed by atoms with Gasteiger partial charge in [0.25, 0.3) is 0 Å². The maximum absolute atomic E-state index is 11.0. The minimum atomic E-state index is 0.290. The molecule has 0 fully saturated rings. The predicted octanol–water partition coefficient (Wildman–Crippen LogP) is 3.56. The molecule has 0 atom stereocenters. The van der Waals surface area contributed by atoms with Gasteiger partial charge in [0.1, 0.15) is 12.6 Å². The minimum Gasteiger partial charge on any atom is -0.298 e. The molecule has 1 aromatic carbocycles. The molecule has 2 heteroatoms. The lowest BCUT2D eigenvalue weighted by molar-refractivity contribution is 0.112. The van der Waals surface area contributed by atoms with Gasteiger partial charge in [0.15, 0.2) is 0 Å². The minimum absolute atomic E-state index is 0.290. The second-order valence-electron chi connectivity index (χ2n) is 4.66. The zero-order valence-electron chi connectivity index (χ0n) is 10.3. The van der Waals surface area contributed by atoms with Crippen molar-refractivity contribution in [2.24, 2.45) is 0 Å². The molecule has 0 N–H and O–H groups in total. The van der Waals surface area contributed by atoms with Gasteiger partial charge in [-0.2, -0.15) is 0 Å². The fraction of sp³-hybridized carbons (Fsp3) is 0.429. The number of carbonyl (C=O) groups excluding carboxylic acids is 2. The topological polar surface area (TPSA) is 34.1 Å². The van der Waals surface area contributed by atoms with Crippen molar-refractivity contribution in [1.29, 1.82) is 0 Å². The number of rotatable bonds is 4. The lowest BCUT2D eigenvalue weighted by atomic mass is 9.88. The Labute approximate surface area is 96.7 Å². The molecule has 0 heterocycles. The van der Waals surface area contributed by atoms with E-state index in [1.807, 2.05) is 33.8 Å². The average molecular weight is 218 g/mol. The summed E-state index contributed by atoms with van der Waals surface area (Å²) in [5.41, 5.74) is 3.29. The SMILES string of the molecule is CC(C)c1cc(C(C)C)c(C=O)cc1C=O. The number of benzene rings is 1. The summed E-state index contributed by atoms with van der Waals surface area (Å²) in [5, 5.41) is 0. The van der Waals surface area contributed by atoms with Gasteiger partial charge in [-0.1, -0.05) is 33.8 Å². The van der Waals surface area contributed by atoms with Gasteiger partial charge >= 0.3 is 0 Å². The highest BCUT2D eigenvalue weighted by atomic mass is 16.1. The van der Waals surface area contributed by atoms with Gasteiger partial charge in [-0.25, -0.2) is 0 Å². The first-order valence-corrected chi connectivity index (χ1v) is 5.59. The van der Waals surface area contributed by atoms with Crippen LogP contribution in [0.4, 0.5) is 0 Å². The fourth-order valence-electron chi connectivity index (χ4n) is 1.87. The van der Waals surface area contributed by atoms with Crippen molar-refractivity contribution in [2.45, 2.75) is 39.5 Å². The van der Waals surface area contributed by atoms with E-state index in [-0.39, 0.29) is 0 Å². The van der Waals surface area contributed by atoms with Crippen molar-refractivity contribution in [3.05, 3.63) is 34.4 Å². The van der Waals surface area contributed by atoms with Gasteiger partial charge in [0.05, 0.1) is 0 Å². The molecule has 0 saturated heterocycles. The predicted molar refractivity (Wildman–Crippen MR) is 65.4 cm³/mol. The molecule has 16 heavy (non-hydrogen) atoms. The molecular weight excluding hydrogens is 200 g/mol. The van der Waals surface area contributed by atoms with E-state index in [1.54, 1.807) is 6.07 Å². The second-order valence-corrected chi connectivity index (χ2v) is 4.66. The Bertz CT molecular complexity index is 368. The summed E-state index contributed by atoms with van der Waals surface area (Å²) in [6.45, 7) is 8.19. The number of carbonyl (C=O) groups is 2. The lowest BCUT2D eigenvalue weighted by Gasteiger charge is -2.15. The Kier molecular flexibility index (Phi) is 3.99. The van der Waals surface area contributed by atoms with E-state index >= 15 is 0 Å². The van der Waals surface area contributed by atoms with Crippen LogP contribution in [0.1, 0.15) is 71.4 Å². The molecule has 86 valence electrons. The van der Waals surface area contributed by atoms with E-state index in [2.05, 4.69) is 0 Å². The maximum atomic E-state index is 11.0. The van der Waals surface area contributed by atoms with Crippen molar-refractivity contribution in [3.63, 3.8) is 0 Å². The van der Waals surface area contributed by atoms with Crippen molar-refractivity contribution >= 4 is 12.6 Å². The molecule has 2 nitrogen and oxygen atoms in total. The van der Waals surface area contributed by atoms with Gasteiger partial charge < -0.3 is 0 Å². The van der Waals surface area contributed by atoms with Crippen molar-refractivity contribution in [1.82, 2.24) is 0 Å². The van der Waals surface area contributed by atoms with Crippen LogP contribution in [-0.4, -0.2) is 12.6 Å². The molecule has 0 aromatic heterocycles. The molecule has 0 spiro atoms. The molecule has 0 aliphatic heterocycles. The van der Waals surface area contributed by atoms with Crippen LogP contribution in [0.5, 0.6) is 0 Å². The van der Waals surface area contributed by atoms with E-state index < -0.39 is 0 Å². The molecule has 0 aliphatic carbocycles. The fourth-order valence-corrected chi connectivity index (χ4v) is 1.87. The number of hydrogen-bond donors (Lipinski definition) is 0. The highest BCUT2D eigenvalue weighted by Gasteiger charge is 2.13. The molecule has 0 radical (unpaired) electrons. The van der Waals surface area contributed by atoms with Crippen LogP contribution in [0.15, 0.2) is 12.1 Å². The van der Waals surface area contributed by atoms with Crippen LogP contribution in [0, 0.1) is 0 Å². The first-order chi connectivity index (χ1) is 7.51. The van der Waals surface area contributed by atoms with Crippen LogP contribution in [0.2, 0.25) is 0 Å². The zero-order valence-corrected chi connectivity index (χ0v) is 10.3. The summed E-state index contributed by atoms with van der Waals surface area (Å²) < 4.78 is 0. The van der Waals surface area contributed by atoms with Crippen LogP contribution in [0.3, 0.4) is 0 Å². The number of aldehydes is 2. The van der Waals surface area contributed by atoms with Crippen LogP contribution in [0.25, 0.3) is 0 Å². The Morgan fingerprint density at radius 1 is 0.812 bits per heavy atom. The molecule has 0 saturated carbocycles. The third-order valence-corrected chi connectivity index (χ3v) is 2.79. The second kappa shape index (κ2) is 5.06. The normalized spacial score (nSPS) is 10.9. The Morgan fingerprint density at radius 2 is 1.19 bits per heavy atom. The van der Waals surface area contributed by atoms with Crippen molar-refractivity contribution in [3.8, 4) is 0 Å². The molecular formula is C14H18O2. The van der Waals surface area contributed by atoms with E-state index in [1.165, 1.54) is 0 Å². The highest BCUT2D eigenvalue weighted by molar-refractivity contribution is 5.85. The standard InChI is InChI=1S/C14H18O2/c1-9(2)13-6-14(10(3)4)12(8-16)5-11(13)7-15/h5-10H,1-4H3. The summed E-state index contributed by atoms with van der Waals surface area (Å²) in [4.78, 5) is 21.9. The van der Waals surface area contributed by atoms with Gasteiger partial charge in [-0.3, -0.25) is 9.59 Å². The first kappa shape index (κ1) is 12.6. The van der Waals surface area contributed by atoms with Gasteiger partial charge in [-0.05, 0) is 29.0 Å². The third-order valence-electron chi connectivity index (χ3n) is 2.79. The smallest absolute Gasteiger partial charge is 0.150 e. The molecule has 0 aliphatic rings. The van der Waals surface area contributed by atoms with Gasteiger partial charge in [0, 0.05) is 11.1 Å². The van der Waals surface area contributed by atoms with Crippen LogP contribution in [-0.2, 0) is 0 Å². The molecule has 0 amide bonds. The summed E-state index contributed by atoms with van der Waals surface area (Å²) in [7, 11) is 0. The Hall–Kier alpha value is -1.44. The molecule has 1 rings (SSSR count). The first-order valence-electron chi connectivity index (χ1n) is 5.59. The highest BCUT2D eigenvalue weighted by Crippen LogP contribution is 2.26. The van der Waals surface area contributed by atoms with E-state index in [9.17, 15) is 9.59 Å². The summed E-state index contributed by atoms with van der Waals surface area (Å²) in [6, 6.07) is 3.69. The zero-order chi connectivity index (χ0) is 12.3. The average Bonchev–Trinajstić information content (AvgIpc) is 2.26. The molecule has 0 unspecified atom stereocenters. The van der Waals surface area contributed by atoms with E-state index in [0.717, 1.165) is 23.7 Å². The van der Waals surface area contributed by atoms with Gasteiger partial charge in [0.2, 0.25) is 0 Å². The van der Waals surface area contributed by atoms with Gasteiger partial charge in [-0.15, -0.1) is 0 Å².